The van der Waals surface area contributed by atoms with Crippen LogP contribution in [0.1, 0.15) is 24.2 Å². The maximum Gasteiger partial charge on any atom is 0.208 e. The number of unbranched alkanes of at least 4 members (excludes halogenated alkanes) is 1. The van der Waals surface area contributed by atoms with E-state index in [-0.39, 0.29) is 0 Å². The molecule has 0 aliphatic rings. The van der Waals surface area contributed by atoms with Crippen molar-refractivity contribution in [3.05, 3.63) is 59.9 Å². The van der Waals surface area contributed by atoms with Crippen LogP contribution in [0.5, 0.6) is 5.75 Å². The van der Waals surface area contributed by atoms with Gasteiger partial charge in [0.05, 0.1) is 23.9 Å². The third-order valence-corrected chi connectivity index (χ3v) is 6.43. The Morgan fingerprint density at radius 3 is 2.63 bits per heavy atom. The van der Waals surface area contributed by atoms with Crippen LogP contribution in [-0.4, -0.2) is 49.5 Å². The van der Waals surface area contributed by atoms with E-state index in [0.717, 1.165) is 34.2 Å². The number of sulfonamides is 1. The molecule has 2 aromatic heterocycles. The Kier molecular flexibility index (Phi) is 7.84. The number of rotatable bonds is 12. The normalized spacial score (nSPS) is 11.9. The van der Waals surface area contributed by atoms with Crippen LogP contribution in [0.3, 0.4) is 0 Å². The highest BCUT2D eigenvalue weighted by Gasteiger charge is 2.18. The minimum absolute atomic E-state index is 0.365. The van der Waals surface area contributed by atoms with E-state index in [0.29, 0.717) is 56.2 Å². The topological polar surface area (TPSA) is 121 Å². The lowest BCUT2D eigenvalue weighted by Crippen LogP contribution is -2.23. The molecule has 4 aromatic rings. The highest BCUT2D eigenvalue weighted by Crippen LogP contribution is 2.31. The summed E-state index contributed by atoms with van der Waals surface area (Å²) >= 11 is 0. The molecule has 3 N–H and O–H groups in total. The number of aryl methyl sites for hydroxylation is 1. The average Bonchev–Trinajstić information content (AvgIpc) is 3.20. The first-order valence-corrected chi connectivity index (χ1v) is 13.4. The van der Waals surface area contributed by atoms with Gasteiger partial charge in [-0.2, -0.15) is 0 Å². The van der Waals surface area contributed by atoms with Gasteiger partial charge in [-0.25, -0.2) is 23.1 Å². The van der Waals surface area contributed by atoms with E-state index in [2.05, 4.69) is 14.3 Å². The highest BCUT2D eigenvalue weighted by molar-refractivity contribution is 7.88. The Hall–Kier alpha value is -3.21. The number of nitrogens with two attached hydrogens (primary N) is 1. The van der Waals surface area contributed by atoms with Gasteiger partial charge < -0.3 is 19.8 Å². The zero-order valence-corrected chi connectivity index (χ0v) is 20.8. The highest BCUT2D eigenvalue weighted by atomic mass is 32.2. The van der Waals surface area contributed by atoms with Gasteiger partial charge in [-0.1, -0.05) is 30.3 Å². The van der Waals surface area contributed by atoms with Gasteiger partial charge in [0, 0.05) is 38.1 Å². The number of imidazole rings is 1. The molecule has 2 heterocycles. The second kappa shape index (κ2) is 11.0. The van der Waals surface area contributed by atoms with Crippen LogP contribution in [0.15, 0.2) is 48.5 Å². The van der Waals surface area contributed by atoms with Gasteiger partial charge in [-0.3, -0.25) is 0 Å². The summed E-state index contributed by atoms with van der Waals surface area (Å²) in [6, 6.07) is 15.8. The molecule has 0 atom stereocenters. The Bertz CT molecular complexity index is 1400. The van der Waals surface area contributed by atoms with Gasteiger partial charge in [-0.15, -0.1) is 0 Å². The maximum absolute atomic E-state index is 11.3. The molecular formula is C25H31N5O4S. The van der Waals surface area contributed by atoms with Crippen molar-refractivity contribution in [2.45, 2.75) is 32.4 Å². The standard InChI is InChI=1S/C25H31N5O4S/c1-33-15-12-22-29-23-24(30(22)14-7-6-13-27-35(2,31)32)20-11-10-19(16-21(20)28-25(23)26)34-17-18-8-4-3-5-9-18/h3-5,8-11,16,27H,6-7,12-15,17H2,1-2H3,(H2,26,28). The molecule has 0 aliphatic heterocycles. The zero-order chi connectivity index (χ0) is 24.8. The molecule has 10 heteroatoms. The third-order valence-electron chi connectivity index (χ3n) is 5.71. The molecule has 186 valence electrons. The fraction of sp³-hybridized carbons (Fsp3) is 0.360. The lowest BCUT2D eigenvalue weighted by molar-refractivity contribution is 0.199. The van der Waals surface area contributed by atoms with Crippen LogP contribution < -0.4 is 15.2 Å². The Morgan fingerprint density at radius 2 is 1.89 bits per heavy atom. The minimum atomic E-state index is -3.20. The van der Waals surface area contributed by atoms with Crippen molar-refractivity contribution in [3.63, 3.8) is 0 Å². The number of methoxy groups -OCH3 is 1. The second-order valence-corrected chi connectivity index (χ2v) is 10.3. The molecule has 0 aliphatic carbocycles. The van der Waals surface area contributed by atoms with Gasteiger partial charge in [0.25, 0.3) is 0 Å². The fourth-order valence-electron chi connectivity index (χ4n) is 4.05. The summed E-state index contributed by atoms with van der Waals surface area (Å²) in [5.74, 6) is 1.94. The molecule has 35 heavy (non-hydrogen) atoms. The molecule has 0 amide bonds. The number of aromatic nitrogens is 3. The van der Waals surface area contributed by atoms with E-state index >= 15 is 0 Å². The molecule has 2 aromatic carbocycles. The summed E-state index contributed by atoms with van der Waals surface area (Å²) in [5.41, 5.74) is 9.74. The Morgan fingerprint density at radius 1 is 1.09 bits per heavy atom. The molecule has 0 bridgehead atoms. The van der Waals surface area contributed by atoms with E-state index in [4.69, 9.17) is 20.2 Å². The number of pyridine rings is 1. The van der Waals surface area contributed by atoms with Crippen molar-refractivity contribution in [2.75, 3.05) is 32.3 Å². The molecule has 0 spiro atoms. The summed E-state index contributed by atoms with van der Waals surface area (Å²) in [6.07, 6.45) is 3.27. The molecule has 4 rings (SSSR count). The van der Waals surface area contributed by atoms with Crippen LogP contribution in [0.2, 0.25) is 0 Å². The number of nitrogen functional groups attached to an aromatic ring is 1. The van der Waals surface area contributed by atoms with Crippen LogP contribution >= 0.6 is 0 Å². The minimum Gasteiger partial charge on any atom is -0.489 e. The van der Waals surface area contributed by atoms with Crippen LogP contribution in [-0.2, 0) is 34.3 Å². The number of nitrogens with zero attached hydrogens (tertiary/aromatic N) is 3. The number of hydrogen-bond acceptors (Lipinski definition) is 7. The monoisotopic (exact) mass is 497 g/mol. The van der Waals surface area contributed by atoms with Gasteiger partial charge in [-0.05, 0) is 30.5 Å². The van der Waals surface area contributed by atoms with Crippen molar-refractivity contribution < 1.29 is 17.9 Å². The number of hydrogen-bond donors (Lipinski definition) is 2. The van der Waals surface area contributed by atoms with E-state index in [1.54, 1.807) is 7.11 Å². The lowest BCUT2D eigenvalue weighted by Gasteiger charge is -2.12. The predicted molar refractivity (Wildman–Crippen MR) is 138 cm³/mol. The number of ether oxygens (including phenoxy) is 2. The SMILES string of the molecule is COCCc1nc2c(N)nc3cc(OCc4ccccc4)ccc3c2n1CCCCNS(C)(=O)=O. The molecule has 0 unspecified atom stereocenters. The zero-order valence-electron chi connectivity index (χ0n) is 20.0. The Labute approximate surface area is 205 Å². The van der Waals surface area contributed by atoms with Crippen LogP contribution in [0.25, 0.3) is 21.9 Å². The molecule has 0 saturated carbocycles. The molecule has 9 nitrogen and oxygen atoms in total. The summed E-state index contributed by atoms with van der Waals surface area (Å²) in [6.45, 7) is 2.06. The average molecular weight is 498 g/mol. The quantitative estimate of drug-likeness (QED) is 0.288. The van der Waals surface area contributed by atoms with Crippen LogP contribution in [0.4, 0.5) is 5.82 Å². The summed E-state index contributed by atoms with van der Waals surface area (Å²) in [5, 5.41) is 0.937. The largest absolute Gasteiger partial charge is 0.489 e. The number of benzene rings is 2. The summed E-state index contributed by atoms with van der Waals surface area (Å²) in [4.78, 5) is 9.39. The number of nitrogens with one attached hydrogen (secondary N) is 1. The third kappa shape index (κ3) is 6.27. The second-order valence-electron chi connectivity index (χ2n) is 8.44. The maximum atomic E-state index is 11.3. The van der Waals surface area contributed by atoms with Gasteiger partial charge in [0.15, 0.2) is 5.82 Å². The van der Waals surface area contributed by atoms with Crippen molar-refractivity contribution in [1.82, 2.24) is 19.3 Å². The Balaban J connectivity index is 1.64. The number of anilines is 1. The van der Waals surface area contributed by atoms with Crippen LogP contribution in [0, 0.1) is 0 Å². The predicted octanol–water partition coefficient (Wildman–Crippen LogP) is 3.26. The lowest BCUT2D eigenvalue weighted by atomic mass is 10.1. The molecular weight excluding hydrogens is 466 g/mol. The first-order chi connectivity index (χ1) is 16.9. The van der Waals surface area contributed by atoms with E-state index in [1.807, 2.05) is 48.5 Å². The van der Waals surface area contributed by atoms with Gasteiger partial charge in [0.2, 0.25) is 10.0 Å². The summed E-state index contributed by atoms with van der Waals surface area (Å²) in [7, 11) is -1.54. The number of fused-ring (bicyclic) bond motifs is 3. The van der Waals surface area contributed by atoms with Gasteiger partial charge in [0.1, 0.15) is 23.7 Å². The van der Waals surface area contributed by atoms with E-state index in [9.17, 15) is 8.42 Å². The summed E-state index contributed by atoms with van der Waals surface area (Å²) < 4.78 is 38.6. The van der Waals surface area contributed by atoms with E-state index in [1.165, 1.54) is 6.26 Å². The van der Waals surface area contributed by atoms with Crippen molar-refractivity contribution in [3.8, 4) is 5.75 Å². The van der Waals surface area contributed by atoms with Gasteiger partial charge >= 0.3 is 0 Å². The molecule has 0 saturated heterocycles. The van der Waals surface area contributed by atoms with Crippen molar-refractivity contribution >= 4 is 37.8 Å². The molecule has 0 fully saturated rings. The smallest absolute Gasteiger partial charge is 0.208 e. The first kappa shape index (κ1) is 24.9. The van der Waals surface area contributed by atoms with Crippen molar-refractivity contribution in [1.29, 1.82) is 0 Å². The molecule has 0 radical (unpaired) electrons. The van der Waals surface area contributed by atoms with E-state index < -0.39 is 10.0 Å². The fourth-order valence-corrected chi connectivity index (χ4v) is 4.56. The van der Waals surface area contributed by atoms with Crippen molar-refractivity contribution in [2.24, 2.45) is 0 Å². The first-order valence-electron chi connectivity index (χ1n) is 11.5.